The summed E-state index contributed by atoms with van der Waals surface area (Å²) >= 11 is 0. The highest BCUT2D eigenvalue weighted by Crippen LogP contribution is 2.34. The zero-order chi connectivity index (χ0) is 24.2. The van der Waals surface area contributed by atoms with Gasteiger partial charge in [0.1, 0.15) is 17.4 Å². The van der Waals surface area contributed by atoms with Crippen molar-refractivity contribution in [1.29, 1.82) is 0 Å². The van der Waals surface area contributed by atoms with Gasteiger partial charge >= 0.3 is 0 Å². The van der Waals surface area contributed by atoms with Gasteiger partial charge in [-0.2, -0.15) is 0 Å². The fraction of sp³-hybridized carbons (Fsp3) is 0.500. The zero-order valence-corrected chi connectivity index (χ0v) is 19.8. The summed E-state index contributed by atoms with van der Waals surface area (Å²) in [6.07, 6.45) is 0.838. The van der Waals surface area contributed by atoms with Crippen molar-refractivity contribution in [3.8, 4) is 5.75 Å². The van der Waals surface area contributed by atoms with Gasteiger partial charge in [-0.1, -0.05) is 32.9 Å². The van der Waals surface area contributed by atoms with Crippen molar-refractivity contribution < 1.29 is 23.4 Å². The maximum absolute atomic E-state index is 13.6. The number of ether oxygens (including phenoxy) is 1. The molecule has 33 heavy (non-hydrogen) atoms. The molecular formula is C26H34F2N2O3. The summed E-state index contributed by atoms with van der Waals surface area (Å²) in [4.78, 5) is 11.7. The molecule has 2 aromatic carbocycles. The van der Waals surface area contributed by atoms with E-state index < -0.39 is 23.8 Å². The molecule has 180 valence electrons. The highest BCUT2D eigenvalue weighted by molar-refractivity contribution is 5.73. The molecule has 1 aliphatic heterocycles. The third kappa shape index (κ3) is 7.51. The van der Waals surface area contributed by atoms with Crippen LogP contribution in [0.25, 0.3) is 0 Å². The fourth-order valence-corrected chi connectivity index (χ4v) is 4.31. The summed E-state index contributed by atoms with van der Waals surface area (Å²) in [5.74, 6) is -0.869. The van der Waals surface area contributed by atoms with Crippen LogP contribution in [0, 0.1) is 17.0 Å². The van der Waals surface area contributed by atoms with Gasteiger partial charge in [0.15, 0.2) is 0 Å². The standard InChI is InChI=1S/C26H34F2N2O3/c1-16(31)30-23(12-18-9-19(27)13-20(28)10-18)24(32)15-29-22-7-8-33-25-6-5-17(11-21(22)25)14-26(2,3)4/h5-6,9-11,13,22-24,29,32H,7-8,12,14-15H2,1-4H3,(H,30,31)/t22-,23+,24+/m1/s1. The molecule has 0 saturated heterocycles. The molecule has 0 unspecified atom stereocenters. The van der Waals surface area contributed by atoms with E-state index in [1.807, 2.05) is 6.07 Å². The SMILES string of the molecule is CC(=O)N[C@@H](Cc1cc(F)cc(F)c1)[C@@H](O)CN[C@@H]1CCOc2ccc(CC(C)(C)C)cc21. The number of rotatable bonds is 8. The molecular weight excluding hydrogens is 426 g/mol. The van der Waals surface area contributed by atoms with Crippen molar-refractivity contribution in [3.63, 3.8) is 0 Å². The Kier molecular flexibility index (Phi) is 8.08. The summed E-state index contributed by atoms with van der Waals surface area (Å²) < 4.78 is 33.0. The molecule has 0 radical (unpaired) electrons. The fourth-order valence-electron chi connectivity index (χ4n) is 4.31. The number of halogens is 2. The molecule has 3 atom stereocenters. The first kappa shape index (κ1) is 25.1. The smallest absolute Gasteiger partial charge is 0.217 e. The van der Waals surface area contributed by atoms with E-state index in [2.05, 4.69) is 43.5 Å². The Labute approximate surface area is 194 Å². The maximum Gasteiger partial charge on any atom is 0.217 e. The average Bonchev–Trinajstić information content (AvgIpc) is 2.69. The summed E-state index contributed by atoms with van der Waals surface area (Å²) in [5, 5.41) is 17.0. The van der Waals surface area contributed by atoms with Crippen LogP contribution >= 0.6 is 0 Å². The van der Waals surface area contributed by atoms with Gasteiger partial charge in [0.05, 0.1) is 18.8 Å². The van der Waals surface area contributed by atoms with Gasteiger partial charge in [-0.3, -0.25) is 4.79 Å². The summed E-state index contributed by atoms with van der Waals surface area (Å²) in [5.41, 5.74) is 2.81. The molecule has 3 N–H and O–H groups in total. The summed E-state index contributed by atoms with van der Waals surface area (Å²) in [6.45, 7) is 8.71. The van der Waals surface area contributed by atoms with Crippen molar-refractivity contribution >= 4 is 5.91 Å². The molecule has 0 fully saturated rings. The quantitative estimate of drug-likeness (QED) is 0.555. The molecule has 1 aliphatic rings. The Hall–Kier alpha value is -2.51. The first-order valence-electron chi connectivity index (χ1n) is 11.4. The number of amides is 1. The van der Waals surface area contributed by atoms with E-state index >= 15 is 0 Å². The first-order chi connectivity index (χ1) is 15.5. The number of carbonyl (C=O) groups excluding carboxylic acids is 1. The largest absolute Gasteiger partial charge is 0.493 e. The monoisotopic (exact) mass is 460 g/mol. The van der Waals surface area contributed by atoms with Crippen LogP contribution in [0.1, 0.15) is 56.8 Å². The van der Waals surface area contributed by atoms with Gasteiger partial charge in [0.2, 0.25) is 5.91 Å². The summed E-state index contributed by atoms with van der Waals surface area (Å²) in [6, 6.07) is 8.77. The van der Waals surface area contributed by atoms with E-state index in [0.29, 0.717) is 12.2 Å². The van der Waals surface area contributed by atoms with Crippen molar-refractivity contribution in [3.05, 3.63) is 64.7 Å². The topological polar surface area (TPSA) is 70.6 Å². The molecule has 0 spiro atoms. The highest BCUT2D eigenvalue weighted by Gasteiger charge is 2.26. The Balaban J connectivity index is 1.70. The molecule has 1 heterocycles. The van der Waals surface area contributed by atoms with Crippen molar-refractivity contribution in [1.82, 2.24) is 10.6 Å². The van der Waals surface area contributed by atoms with Crippen molar-refractivity contribution in [2.75, 3.05) is 13.2 Å². The van der Waals surface area contributed by atoms with Crippen molar-refractivity contribution in [2.45, 2.75) is 65.1 Å². The third-order valence-corrected chi connectivity index (χ3v) is 5.65. The molecule has 1 amide bonds. The van der Waals surface area contributed by atoms with Gasteiger partial charge in [-0.25, -0.2) is 8.78 Å². The molecule has 2 aromatic rings. The molecule has 0 bridgehead atoms. The second-order valence-corrected chi connectivity index (χ2v) is 10.1. The molecule has 0 aromatic heterocycles. The van der Waals surface area contributed by atoms with Gasteiger partial charge in [0, 0.05) is 37.6 Å². The maximum atomic E-state index is 13.6. The van der Waals surface area contributed by atoms with E-state index in [1.54, 1.807) is 0 Å². The van der Waals surface area contributed by atoms with E-state index in [-0.39, 0.29) is 30.3 Å². The molecule has 5 nitrogen and oxygen atoms in total. The lowest BCUT2D eigenvalue weighted by atomic mass is 9.86. The lowest BCUT2D eigenvalue weighted by Gasteiger charge is -2.30. The second kappa shape index (κ2) is 10.6. The minimum atomic E-state index is -0.954. The van der Waals surface area contributed by atoms with Crippen LogP contribution in [-0.4, -0.2) is 36.3 Å². The minimum absolute atomic E-state index is 0.00656. The molecule has 3 rings (SSSR count). The van der Waals surface area contributed by atoms with E-state index in [4.69, 9.17) is 4.74 Å². The Morgan fingerprint density at radius 3 is 2.48 bits per heavy atom. The molecule has 7 heteroatoms. The minimum Gasteiger partial charge on any atom is -0.493 e. The Morgan fingerprint density at radius 2 is 1.85 bits per heavy atom. The highest BCUT2D eigenvalue weighted by atomic mass is 19.1. The van der Waals surface area contributed by atoms with Gasteiger partial charge in [0.25, 0.3) is 0 Å². The second-order valence-electron chi connectivity index (χ2n) is 10.1. The predicted octanol–water partition coefficient (Wildman–Crippen LogP) is 4.07. The van der Waals surface area contributed by atoms with Crippen LogP contribution in [0.15, 0.2) is 36.4 Å². The van der Waals surface area contributed by atoms with Gasteiger partial charge in [-0.05, 0) is 47.6 Å². The van der Waals surface area contributed by atoms with Crippen LogP contribution in [-0.2, 0) is 17.6 Å². The van der Waals surface area contributed by atoms with Crippen LogP contribution < -0.4 is 15.4 Å². The lowest BCUT2D eigenvalue weighted by molar-refractivity contribution is -0.120. The third-order valence-electron chi connectivity index (χ3n) is 5.65. The van der Waals surface area contributed by atoms with E-state index in [0.717, 1.165) is 30.2 Å². The number of aliphatic hydroxyl groups is 1. The van der Waals surface area contributed by atoms with Crippen LogP contribution in [0.4, 0.5) is 8.78 Å². The predicted molar refractivity (Wildman–Crippen MR) is 124 cm³/mol. The Bertz CT molecular complexity index is 954. The average molecular weight is 461 g/mol. The normalized spacial score (nSPS) is 17.6. The first-order valence-corrected chi connectivity index (χ1v) is 11.4. The van der Waals surface area contributed by atoms with Crippen LogP contribution in [0.5, 0.6) is 5.75 Å². The zero-order valence-electron chi connectivity index (χ0n) is 19.8. The number of carbonyl (C=O) groups is 1. The number of nitrogens with one attached hydrogen (secondary N) is 2. The Morgan fingerprint density at radius 1 is 1.15 bits per heavy atom. The molecule has 0 saturated carbocycles. The van der Waals surface area contributed by atoms with Crippen LogP contribution in [0.3, 0.4) is 0 Å². The number of benzene rings is 2. The molecule has 0 aliphatic carbocycles. The number of aliphatic hydroxyl groups excluding tert-OH is 1. The van der Waals surface area contributed by atoms with E-state index in [1.165, 1.54) is 24.6 Å². The van der Waals surface area contributed by atoms with E-state index in [9.17, 15) is 18.7 Å². The number of hydrogen-bond acceptors (Lipinski definition) is 4. The van der Waals surface area contributed by atoms with Crippen LogP contribution in [0.2, 0.25) is 0 Å². The number of fused-ring (bicyclic) bond motifs is 1. The lowest BCUT2D eigenvalue weighted by Crippen LogP contribution is -2.48. The van der Waals surface area contributed by atoms with Gasteiger partial charge in [-0.15, -0.1) is 0 Å². The number of hydrogen-bond donors (Lipinski definition) is 3. The van der Waals surface area contributed by atoms with Gasteiger partial charge < -0.3 is 20.5 Å². The van der Waals surface area contributed by atoms with Crippen molar-refractivity contribution in [2.24, 2.45) is 5.41 Å². The summed E-state index contributed by atoms with van der Waals surface area (Å²) in [7, 11) is 0.